The van der Waals surface area contributed by atoms with E-state index in [1.807, 2.05) is 30.3 Å². The van der Waals surface area contributed by atoms with Crippen LogP contribution in [0.3, 0.4) is 0 Å². The van der Waals surface area contributed by atoms with Crippen LogP contribution < -0.4 is 15.5 Å². The number of carbonyl (C=O) groups excluding carboxylic acids is 4. The zero-order valence-corrected chi connectivity index (χ0v) is 21.7. The maximum Gasteiger partial charge on any atom is 0.328 e. The van der Waals surface area contributed by atoms with Crippen LogP contribution in [0.15, 0.2) is 30.3 Å². The van der Waals surface area contributed by atoms with Crippen LogP contribution in [0.25, 0.3) is 0 Å². The van der Waals surface area contributed by atoms with Crippen LogP contribution in [-0.2, 0) is 19.2 Å². The molecule has 4 rings (SSSR count). The van der Waals surface area contributed by atoms with Crippen molar-refractivity contribution in [1.29, 1.82) is 0 Å². The molecular weight excluding hydrogens is 500 g/mol. The molecule has 3 fully saturated rings. The van der Waals surface area contributed by atoms with Crippen molar-refractivity contribution in [2.24, 2.45) is 0 Å². The molecule has 3 aliphatic heterocycles. The average Bonchev–Trinajstić information content (AvgIpc) is 3.47. The van der Waals surface area contributed by atoms with Gasteiger partial charge in [-0.25, -0.2) is 9.59 Å². The summed E-state index contributed by atoms with van der Waals surface area (Å²) >= 11 is 1.42. The molecule has 0 aliphatic carbocycles. The minimum Gasteiger partial charge on any atom is -0.480 e. The first-order chi connectivity index (χ1) is 17.6. The molecule has 0 radical (unpaired) electrons. The second-order valence-corrected chi connectivity index (χ2v) is 10.5. The Hall–Kier alpha value is -3.48. The van der Waals surface area contributed by atoms with E-state index in [0.717, 1.165) is 5.69 Å². The van der Waals surface area contributed by atoms with Crippen LogP contribution in [-0.4, -0.2) is 112 Å². The van der Waals surface area contributed by atoms with Gasteiger partial charge in [-0.3, -0.25) is 14.4 Å². The number of carboxylic acid groups (broad SMARTS) is 1. The van der Waals surface area contributed by atoms with Crippen molar-refractivity contribution in [2.75, 3.05) is 49.9 Å². The van der Waals surface area contributed by atoms with Crippen molar-refractivity contribution in [2.45, 2.75) is 37.4 Å². The monoisotopic (exact) mass is 532 g/mol. The van der Waals surface area contributed by atoms with E-state index in [9.17, 15) is 29.1 Å². The van der Waals surface area contributed by atoms with Gasteiger partial charge in [-0.05, 0) is 25.0 Å². The van der Waals surface area contributed by atoms with Gasteiger partial charge in [0.2, 0.25) is 17.7 Å². The Morgan fingerprint density at radius 3 is 2.46 bits per heavy atom. The highest BCUT2D eigenvalue weighted by atomic mass is 32.2. The Morgan fingerprint density at radius 1 is 1.16 bits per heavy atom. The zero-order chi connectivity index (χ0) is 26.7. The number of amides is 5. The van der Waals surface area contributed by atoms with Crippen LogP contribution in [0, 0.1) is 0 Å². The fraction of sp³-hybridized carbons (Fsp3) is 0.542. The maximum absolute atomic E-state index is 13.1. The number of piperidine rings is 1. The van der Waals surface area contributed by atoms with Crippen molar-refractivity contribution in [1.82, 2.24) is 25.3 Å². The van der Waals surface area contributed by atoms with Crippen LogP contribution in [0.1, 0.15) is 19.8 Å². The van der Waals surface area contributed by atoms with E-state index >= 15 is 0 Å². The number of para-hydroxylation sites is 1. The minimum atomic E-state index is -1.34. The van der Waals surface area contributed by atoms with Crippen molar-refractivity contribution in [3.8, 4) is 0 Å². The highest BCUT2D eigenvalue weighted by Gasteiger charge is 2.53. The Labute approximate surface area is 219 Å². The van der Waals surface area contributed by atoms with Gasteiger partial charge < -0.3 is 35.3 Å². The number of likely N-dealkylation sites (tertiary alicyclic amines) is 1. The molecule has 37 heavy (non-hydrogen) atoms. The summed E-state index contributed by atoms with van der Waals surface area (Å²) < 4.78 is 0. The number of aliphatic carboxylic acids is 1. The summed E-state index contributed by atoms with van der Waals surface area (Å²) in [5, 5.41) is 14.6. The molecule has 1 aromatic rings. The molecule has 3 aliphatic rings. The van der Waals surface area contributed by atoms with Gasteiger partial charge in [-0.1, -0.05) is 18.2 Å². The van der Waals surface area contributed by atoms with Gasteiger partial charge in [0.05, 0.1) is 19.1 Å². The van der Waals surface area contributed by atoms with Crippen molar-refractivity contribution in [3.63, 3.8) is 0 Å². The van der Waals surface area contributed by atoms with E-state index in [2.05, 4.69) is 15.5 Å². The lowest BCUT2D eigenvalue weighted by molar-refractivity contribution is -0.143. The van der Waals surface area contributed by atoms with Crippen LogP contribution in [0.5, 0.6) is 0 Å². The third kappa shape index (κ3) is 5.31. The second kappa shape index (κ2) is 10.9. The Morgan fingerprint density at radius 2 is 1.84 bits per heavy atom. The zero-order valence-electron chi connectivity index (χ0n) is 20.9. The molecule has 200 valence electrons. The van der Waals surface area contributed by atoms with Crippen LogP contribution >= 0.6 is 11.8 Å². The first kappa shape index (κ1) is 26.6. The molecular formula is C24H32N6O6S. The third-order valence-corrected chi connectivity index (χ3v) is 8.23. The number of hydrogen-bond acceptors (Lipinski definition) is 7. The summed E-state index contributed by atoms with van der Waals surface area (Å²) in [4.78, 5) is 68.8. The van der Waals surface area contributed by atoms with Gasteiger partial charge >= 0.3 is 12.0 Å². The van der Waals surface area contributed by atoms with Gasteiger partial charge in [0.25, 0.3) is 0 Å². The lowest BCUT2D eigenvalue weighted by Crippen LogP contribution is -2.59. The van der Waals surface area contributed by atoms with E-state index < -0.39 is 35.5 Å². The Bertz CT molecular complexity index is 1060. The largest absolute Gasteiger partial charge is 0.480 e. The first-order valence-corrected chi connectivity index (χ1v) is 13.3. The van der Waals surface area contributed by atoms with Gasteiger partial charge in [0, 0.05) is 38.5 Å². The van der Waals surface area contributed by atoms with E-state index in [0.29, 0.717) is 44.2 Å². The van der Waals surface area contributed by atoms with Gasteiger partial charge in [-0.15, -0.1) is 11.8 Å². The molecule has 0 saturated carbocycles. The number of urea groups is 1. The molecule has 2 atom stereocenters. The molecule has 3 heterocycles. The number of rotatable bonds is 6. The normalized spacial score (nSPS) is 21.8. The molecule has 3 saturated heterocycles. The summed E-state index contributed by atoms with van der Waals surface area (Å²) in [6, 6.07) is 7.16. The number of carbonyl (C=O) groups is 5. The number of hydrogen-bond donors (Lipinski definition) is 3. The summed E-state index contributed by atoms with van der Waals surface area (Å²) in [6.07, 6.45) is 0.885. The predicted molar refractivity (Wildman–Crippen MR) is 137 cm³/mol. The quantitative estimate of drug-likeness (QED) is 0.463. The summed E-state index contributed by atoms with van der Waals surface area (Å²) in [5.41, 5.74) is 0.217. The number of carboxylic acids is 1. The predicted octanol–water partition coefficient (Wildman–Crippen LogP) is -0.0425. The fourth-order valence-corrected chi connectivity index (χ4v) is 6.34. The molecule has 3 N–H and O–H groups in total. The van der Waals surface area contributed by atoms with Gasteiger partial charge in [0.15, 0.2) is 0 Å². The molecule has 13 heteroatoms. The summed E-state index contributed by atoms with van der Waals surface area (Å²) in [5.74, 6) is -1.33. The van der Waals surface area contributed by atoms with Gasteiger partial charge in [-0.2, -0.15) is 0 Å². The highest BCUT2D eigenvalue weighted by Crippen LogP contribution is 2.38. The standard InChI is InChI=1S/C24H32N6O6S/c1-16(31)29-15-37-13-19(29)20(32)26-18(21(33)34)12-25-23(36)28-10-8-24(9-11-28)22(35)27(2)14-30(24)17-6-4-3-5-7-17/h3-7,18-19H,8-15H2,1-2H3,(H,25,36)(H,26,32)(H,33,34)/t18-,19+/m0/s1. The number of benzene rings is 1. The van der Waals surface area contributed by atoms with E-state index in [1.165, 1.54) is 23.6 Å². The summed E-state index contributed by atoms with van der Waals surface area (Å²) in [7, 11) is 1.77. The number of nitrogens with one attached hydrogen (secondary N) is 2. The van der Waals surface area contributed by atoms with Crippen molar-refractivity contribution >= 4 is 47.2 Å². The number of nitrogens with zero attached hydrogens (tertiary/aromatic N) is 4. The molecule has 1 spiro atoms. The molecule has 0 unspecified atom stereocenters. The molecule has 5 amide bonds. The fourth-order valence-electron chi connectivity index (χ4n) is 5.12. The van der Waals surface area contributed by atoms with Crippen LogP contribution in [0.2, 0.25) is 0 Å². The molecule has 0 bridgehead atoms. The number of thioether (sulfide) groups is 1. The lowest BCUT2D eigenvalue weighted by atomic mass is 9.85. The Kier molecular flexibility index (Phi) is 7.81. The van der Waals surface area contributed by atoms with Crippen LogP contribution in [0.4, 0.5) is 10.5 Å². The lowest BCUT2D eigenvalue weighted by Gasteiger charge is -2.43. The Balaban J connectivity index is 1.34. The smallest absolute Gasteiger partial charge is 0.328 e. The third-order valence-electron chi connectivity index (χ3n) is 7.22. The van der Waals surface area contributed by atoms with E-state index in [4.69, 9.17) is 0 Å². The van der Waals surface area contributed by atoms with Crippen molar-refractivity contribution < 1.29 is 29.1 Å². The first-order valence-electron chi connectivity index (χ1n) is 12.1. The molecule has 12 nitrogen and oxygen atoms in total. The summed E-state index contributed by atoms with van der Waals surface area (Å²) in [6.45, 7) is 2.17. The molecule has 1 aromatic carbocycles. The SMILES string of the molecule is CC(=O)N1CSC[C@@H]1C(=O)N[C@@H](CNC(=O)N1CCC2(CC1)C(=O)N(C)CN2c1ccccc1)C(=O)O. The van der Waals surface area contributed by atoms with Crippen molar-refractivity contribution in [3.05, 3.63) is 30.3 Å². The second-order valence-electron chi connectivity index (χ2n) is 9.52. The minimum absolute atomic E-state index is 0.0229. The maximum atomic E-state index is 13.1. The van der Waals surface area contributed by atoms with E-state index in [1.54, 1.807) is 16.8 Å². The van der Waals surface area contributed by atoms with E-state index in [-0.39, 0.29) is 18.4 Å². The van der Waals surface area contributed by atoms with Gasteiger partial charge in [0.1, 0.15) is 17.6 Å². The highest BCUT2D eigenvalue weighted by molar-refractivity contribution is 7.99. The molecule has 0 aromatic heterocycles. The topological polar surface area (TPSA) is 143 Å². The average molecular weight is 533 g/mol. The number of anilines is 1. The number of likely N-dealkylation sites (N-methyl/N-ethyl adjacent to an activating group) is 1.